The summed E-state index contributed by atoms with van der Waals surface area (Å²) in [6.45, 7) is 3.69. The molecule has 0 radical (unpaired) electrons. The second-order valence-corrected chi connectivity index (χ2v) is 9.88. The van der Waals surface area contributed by atoms with Gasteiger partial charge in [0.2, 0.25) is 0 Å². The molecule has 3 aromatic rings. The summed E-state index contributed by atoms with van der Waals surface area (Å²) in [5.41, 5.74) is 1.60. The van der Waals surface area contributed by atoms with Gasteiger partial charge in [0.15, 0.2) is 29.8 Å². The lowest BCUT2D eigenvalue weighted by molar-refractivity contribution is -0.248. The van der Waals surface area contributed by atoms with Gasteiger partial charge in [-0.25, -0.2) is 9.36 Å². The number of hydrogen-bond donors (Lipinski definition) is 0. The van der Waals surface area contributed by atoms with Crippen LogP contribution in [0.3, 0.4) is 0 Å². The predicted octanol–water partition coefficient (Wildman–Crippen LogP) is 1.39. The maximum atomic E-state index is 13.8. The Morgan fingerprint density at radius 2 is 1.52 bits per heavy atom. The lowest BCUT2D eigenvalue weighted by atomic mass is 9.90. The number of carbonyl (C=O) groups is 4. The molecular weight excluding hydrogens is 548 g/mol. The first-order valence-corrected chi connectivity index (χ1v) is 12.8. The fourth-order valence-corrected chi connectivity index (χ4v) is 5.04. The molecule has 2 aliphatic heterocycles. The van der Waals surface area contributed by atoms with E-state index in [2.05, 4.69) is 20.6 Å². The summed E-state index contributed by atoms with van der Waals surface area (Å²) >= 11 is 6.08. The zero-order valence-corrected chi connectivity index (χ0v) is 22.5. The van der Waals surface area contributed by atoms with E-state index in [4.69, 9.17) is 30.5 Å². The summed E-state index contributed by atoms with van der Waals surface area (Å²) in [5.74, 6) is -2.56. The van der Waals surface area contributed by atoms with Crippen LogP contribution in [0.2, 0.25) is 5.02 Å². The van der Waals surface area contributed by atoms with E-state index < -0.39 is 54.2 Å². The zero-order valence-electron chi connectivity index (χ0n) is 21.7. The summed E-state index contributed by atoms with van der Waals surface area (Å²) in [6.07, 6.45) is -4.47. The van der Waals surface area contributed by atoms with E-state index in [0.717, 1.165) is 0 Å². The molecule has 1 saturated heterocycles. The van der Waals surface area contributed by atoms with Crippen molar-refractivity contribution < 1.29 is 38.1 Å². The number of esters is 3. The number of ketones is 1. The number of aromatic nitrogens is 6. The highest BCUT2D eigenvalue weighted by Gasteiger charge is 2.52. The van der Waals surface area contributed by atoms with Gasteiger partial charge in [0, 0.05) is 37.8 Å². The highest BCUT2D eigenvalue weighted by Crippen LogP contribution is 2.33. The molecule has 0 saturated carbocycles. The fourth-order valence-electron chi connectivity index (χ4n) is 4.92. The molecule has 1 aromatic carbocycles. The lowest BCUT2D eigenvalue weighted by Crippen LogP contribution is -2.62. The first kappa shape index (κ1) is 27.4. The van der Waals surface area contributed by atoms with Crippen molar-refractivity contribution in [3.63, 3.8) is 0 Å². The highest BCUT2D eigenvalue weighted by atomic mass is 35.5. The van der Waals surface area contributed by atoms with E-state index in [-0.39, 0.29) is 25.2 Å². The van der Waals surface area contributed by atoms with Crippen LogP contribution in [-0.2, 0) is 46.4 Å². The summed E-state index contributed by atoms with van der Waals surface area (Å²) in [6, 6.07) is 6.83. The summed E-state index contributed by atoms with van der Waals surface area (Å²) < 4.78 is 25.8. The number of Topliss-reactive ketones (excluding diaryl/α,β-unsaturated/α-hetero) is 1. The molecule has 2 aliphatic rings. The van der Waals surface area contributed by atoms with E-state index in [1.807, 2.05) is 0 Å². The first-order chi connectivity index (χ1) is 19.1. The van der Waals surface area contributed by atoms with Gasteiger partial charge in [0.25, 0.3) is 0 Å². The first-order valence-electron chi connectivity index (χ1n) is 12.4. The summed E-state index contributed by atoms with van der Waals surface area (Å²) in [7, 11) is 0. The number of benzene rings is 1. The number of ether oxygens (including phenoxy) is 4. The molecule has 2 aromatic heterocycles. The lowest BCUT2D eigenvalue weighted by Gasteiger charge is -2.44. The smallest absolute Gasteiger partial charge is 0.303 e. The van der Waals surface area contributed by atoms with Crippen molar-refractivity contribution in [3.05, 3.63) is 46.9 Å². The van der Waals surface area contributed by atoms with Gasteiger partial charge in [-0.1, -0.05) is 34.2 Å². The van der Waals surface area contributed by atoms with Crippen LogP contribution >= 0.6 is 11.6 Å². The van der Waals surface area contributed by atoms with Gasteiger partial charge in [-0.05, 0) is 12.1 Å². The highest BCUT2D eigenvalue weighted by molar-refractivity contribution is 6.30. The third-order valence-electron chi connectivity index (χ3n) is 6.40. The minimum absolute atomic E-state index is 0.0199. The molecule has 1 fully saturated rings. The van der Waals surface area contributed by atoms with Gasteiger partial charge in [0.1, 0.15) is 23.6 Å². The standard InChI is InChI=1S/C25H25ClN6O8/c1-12(33)37-23-19-8-18(36)21-22(15-4-6-16(26)7-5-15)32(30-28-21)10-17-9-31(29-27-17)11-20(40-19)24(38-13(2)34)25(23)39-14(3)35/h4-7,9,19-20,23-25H,8,10-11H2,1-3H3/t19-,20+,23-,24+,25+/m0/s1. The molecule has 0 unspecified atom stereocenters. The third kappa shape index (κ3) is 5.72. The van der Waals surface area contributed by atoms with E-state index in [0.29, 0.717) is 22.0 Å². The van der Waals surface area contributed by atoms with Crippen molar-refractivity contribution >= 4 is 35.3 Å². The minimum atomic E-state index is -1.28. The van der Waals surface area contributed by atoms with Crippen molar-refractivity contribution in [2.24, 2.45) is 0 Å². The Kier molecular flexibility index (Phi) is 7.63. The summed E-state index contributed by atoms with van der Waals surface area (Å²) in [5, 5.41) is 17.2. The molecule has 5 rings (SSSR count). The number of fused-ring (bicyclic) bond motifs is 6. The predicted molar refractivity (Wildman–Crippen MR) is 134 cm³/mol. The van der Waals surface area contributed by atoms with Crippen molar-refractivity contribution in [1.82, 2.24) is 30.0 Å². The number of halogens is 1. The Labute approximate surface area is 232 Å². The molecule has 210 valence electrons. The molecule has 40 heavy (non-hydrogen) atoms. The number of carbonyl (C=O) groups excluding carboxylic acids is 4. The van der Waals surface area contributed by atoms with Crippen LogP contribution in [0, 0.1) is 0 Å². The van der Waals surface area contributed by atoms with Gasteiger partial charge >= 0.3 is 17.9 Å². The number of hydrogen-bond acceptors (Lipinski definition) is 12. The molecule has 14 nitrogen and oxygen atoms in total. The van der Waals surface area contributed by atoms with Crippen molar-refractivity contribution in [3.8, 4) is 11.3 Å². The molecule has 0 aliphatic carbocycles. The van der Waals surface area contributed by atoms with Crippen molar-refractivity contribution in [2.75, 3.05) is 0 Å². The summed E-state index contributed by atoms with van der Waals surface area (Å²) in [4.78, 5) is 50.1. The Balaban J connectivity index is 1.63. The van der Waals surface area contributed by atoms with Gasteiger partial charge < -0.3 is 18.9 Å². The van der Waals surface area contributed by atoms with Crippen LogP contribution < -0.4 is 0 Å². The van der Waals surface area contributed by atoms with Crippen LogP contribution in [0.4, 0.5) is 0 Å². The Morgan fingerprint density at radius 3 is 2.17 bits per heavy atom. The maximum absolute atomic E-state index is 13.8. The number of nitrogens with zero attached hydrogens (tertiary/aromatic N) is 6. The molecule has 5 atom stereocenters. The molecular formula is C25H25ClN6O8. The Bertz CT molecular complexity index is 1450. The van der Waals surface area contributed by atoms with E-state index in [1.54, 1.807) is 30.5 Å². The van der Waals surface area contributed by atoms with Crippen LogP contribution in [-0.4, -0.2) is 84.2 Å². The fraction of sp³-hybridized carbons (Fsp3) is 0.440. The average Bonchev–Trinajstić information content (AvgIpc) is 3.50. The molecule has 0 N–H and O–H groups in total. The van der Waals surface area contributed by atoms with Crippen LogP contribution in [0.25, 0.3) is 11.3 Å². The largest absolute Gasteiger partial charge is 0.456 e. The van der Waals surface area contributed by atoms with Crippen LogP contribution in [0.1, 0.15) is 43.4 Å². The van der Waals surface area contributed by atoms with E-state index in [9.17, 15) is 19.2 Å². The Morgan fingerprint density at radius 1 is 0.900 bits per heavy atom. The van der Waals surface area contributed by atoms with Gasteiger partial charge in [-0.15, -0.1) is 10.2 Å². The molecule has 0 spiro atoms. The quantitative estimate of drug-likeness (QED) is 0.326. The topological polar surface area (TPSA) is 167 Å². The zero-order chi connectivity index (χ0) is 28.6. The number of rotatable bonds is 4. The van der Waals surface area contributed by atoms with Gasteiger partial charge in [0.05, 0.1) is 19.3 Å². The van der Waals surface area contributed by atoms with Gasteiger partial charge in [-0.2, -0.15) is 0 Å². The second-order valence-electron chi connectivity index (χ2n) is 9.45. The third-order valence-corrected chi connectivity index (χ3v) is 6.66. The molecule has 15 heteroatoms. The van der Waals surface area contributed by atoms with E-state index >= 15 is 0 Å². The van der Waals surface area contributed by atoms with E-state index in [1.165, 1.54) is 30.1 Å². The van der Waals surface area contributed by atoms with Crippen LogP contribution in [0.15, 0.2) is 30.5 Å². The average molecular weight is 573 g/mol. The maximum Gasteiger partial charge on any atom is 0.303 e. The molecule has 6 bridgehead atoms. The second kappa shape index (κ2) is 11.1. The Hall–Kier alpha value is -4.17. The van der Waals surface area contributed by atoms with Crippen LogP contribution in [0.5, 0.6) is 0 Å². The van der Waals surface area contributed by atoms with Gasteiger partial charge in [-0.3, -0.25) is 19.2 Å². The van der Waals surface area contributed by atoms with Crippen molar-refractivity contribution in [2.45, 2.75) is 70.8 Å². The molecule has 4 heterocycles. The minimum Gasteiger partial charge on any atom is -0.456 e. The molecule has 0 amide bonds. The SMILES string of the molecule is CC(=O)O[C@@H]1[C@@H](OC(C)=O)[C@@H]2CC(=O)c3nnn(c3-c3ccc(Cl)cc3)Cc3cn(nn3)C[C@@H](O2)[C@H]1OC(C)=O. The van der Waals surface area contributed by atoms with Crippen molar-refractivity contribution in [1.29, 1.82) is 0 Å². The monoisotopic (exact) mass is 572 g/mol. The normalized spacial score (nSPS) is 24.2.